The first-order valence-corrected chi connectivity index (χ1v) is 8.74. The van der Waals surface area contributed by atoms with Crippen molar-refractivity contribution in [3.8, 4) is 0 Å². The number of hydrogen-bond donors (Lipinski definition) is 0. The smallest absolute Gasteiger partial charge is 0.163 e. The summed E-state index contributed by atoms with van der Waals surface area (Å²) in [5.41, 5.74) is 10.5. The molecule has 0 bridgehead atoms. The van der Waals surface area contributed by atoms with Crippen LogP contribution in [0.1, 0.15) is 67.0 Å². The van der Waals surface area contributed by atoms with Gasteiger partial charge in [0, 0.05) is 12.8 Å². The molecule has 0 unspecified atom stereocenters. The highest BCUT2D eigenvalue weighted by Gasteiger charge is 2.34. The Bertz CT molecular complexity index is 663. The van der Waals surface area contributed by atoms with Crippen LogP contribution in [0, 0.1) is 6.42 Å². The molecule has 1 heteroatoms. The van der Waals surface area contributed by atoms with E-state index in [1.807, 2.05) is 12.5 Å². The van der Waals surface area contributed by atoms with E-state index in [9.17, 15) is 4.79 Å². The molecule has 0 N–H and O–H groups in total. The molecule has 0 aliphatic heterocycles. The largest absolute Gasteiger partial charge is 0.294 e. The Kier molecular flexibility index (Phi) is 3.11. The van der Waals surface area contributed by atoms with Gasteiger partial charge in [0.2, 0.25) is 0 Å². The molecule has 1 radical (unpaired) electrons. The number of rotatable bonds is 3. The maximum Gasteiger partial charge on any atom is 0.163 e. The highest BCUT2D eigenvalue weighted by Crippen LogP contribution is 2.44. The van der Waals surface area contributed by atoms with Crippen molar-refractivity contribution in [1.29, 1.82) is 0 Å². The fourth-order valence-electron chi connectivity index (χ4n) is 4.68. The molecular weight excluding hydrogens is 268 g/mol. The Labute approximate surface area is 133 Å². The lowest BCUT2D eigenvalue weighted by molar-refractivity contribution is -0.114. The maximum atomic E-state index is 12.4. The quantitative estimate of drug-likeness (QED) is 0.815. The zero-order chi connectivity index (χ0) is 15.5. The van der Waals surface area contributed by atoms with Gasteiger partial charge in [-0.15, -0.1) is 0 Å². The van der Waals surface area contributed by atoms with Crippen LogP contribution in [-0.2, 0) is 42.3 Å². The summed E-state index contributed by atoms with van der Waals surface area (Å²) in [5.74, 6) is 0.326. The van der Waals surface area contributed by atoms with Crippen LogP contribution in [0.4, 0.5) is 0 Å². The van der Waals surface area contributed by atoms with Crippen LogP contribution in [0.5, 0.6) is 0 Å². The van der Waals surface area contributed by atoms with Crippen LogP contribution >= 0.6 is 0 Å². The molecule has 115 valence electrons. The van der Waals surface area contributed by atoms with Gasteiger partial charge in [-0.2, -0.15) is 0 Å². The van der Waals surface area contributed by atoms with Crippen LogP contribution in [0.15, 0.2) is 11.6 Å². The van der Waals surface area contributed by atoms with E-state index in [4.69, 9.17) is 0 Å². The van der Waals surface area contributed by atoms with E-state index >= 15 is 0 Å². The number of hydrogen-bond acceptors (Lipinski definition) is 1. The fourth-order valence-corrected chi connectivity index (χ4v) is 4.68. The van der Waals surface area contributed by atoms with E-state index in [0.717, 1.165) is 5.57 Å². The highest BCUT2D eigenvalue weighted by atomic mass is 16.1. The molecule has 0 aromatic heterocycles. The normalized spacial score (nSPS) is 19.0. The first-order valence-electron chi connectivity index (χ1n) is 8.74. The standard InChI is InChI=1S/C21H25O/c1-21(2,3)20-16-8-4-6-14(16)18(12-19(22)13-10-11-13)15-7-5-9-17(15)20/h10-11H,4-9,12H2,1-3H3. The Hall–Kier alpha value is -1.37. The summed E-state index contributed by atoms with van der Waals surface area (Å²) in [7, 11) is 0. The minimum absolute atomic E-state index is 0.220. The lowest BCUT2D eigenvalue weighted by Gasteiger charge is -2.29. The van der Waals surface area contributed by atoms with Crippen LogP contribution in [0.3, 0.4) is 0 Å². The second kappa shape index (κ2) is 4.81. The Balaban J connectivity index is 1.89. The molecule has 4 rings (SSSR count). The molecule has 0 saturated heterocycles. The monoisotopic (exact) mass is 293 g/mol. The van der Waals surface area contributed by atoms with Crippen molar-refractivity contribution >= 4 is 5.78 Å². The van der Waals surface area contributed by atoms with Gasteiger partial charge in [0.05, 0.1) is 0 Å². The Morgan fingerprint density at radius 2 is 1.45 bits per heavy atom. The highest BCUT2D eigenvalue weighted by molar-refractivity contribution is 6.04. The predicted molar refractivity (Wildman–Crippen MR) is 90.3 cm³/mol. The van der Waals surface area contributed by atoms with Gasteiger partial charge in [0.15, 0.2) is 5.78 Å². The molecule has 1 aromatic carbocycles. The first-order chi connectivity index (χ1) is 10.5. The molecule has 0 saturated carbocycles. The van der Waals surface area contributed by atoms with Gasteiger partial charge in [-0.25, -0.2) is 0 Å². The van der Waals surface area contributed by atoms with E-state index < -0.39 is 0 Å². The number of benzene rings is 1. The fraction of sp³-hybridized carbons (Fsp3) is 0.524. The lowest BCUT2D eigenvalue weighted by atomic mass is 9.76. The topological polar surface area (TPSA) is 17.1 Å². The van der Waals surface area contributed by atoms with E-state index in [1.54, 1.807) is 27.8 Å². The van der Waals surface area contributed by atoms with Crippen molar-refractivity contribution in [3.63, 3.8) is 0 Å². The van der Waals surface area contributed by atoms with Gasteiger partial charge >= 0.3 is 0 Å². The van der Waals surface area contributed by atoms with Crippen molar-refractivity contribution in [2.75, 3.05) is 0 Å². The molecule has 0 amide bonds. The molecule has 0 atom stereocenters. The van der Waals surface area contributed by atoms with Crippen molar-refractivity contribution in [1.82, 2.24) is 0 Å². The van der Waals surface area contributed by atoms with Crippen molar-refractivity contribution < 1.29 is 4.79 Å². The third kappa shape index (κ3) is 2.17. The minimum Gasteiger partial charge on any atom is -0.294 e. The number of Topliss-reactive ketones (excluding diaryl/α,β-unsaturated/α-hetero) is 1. The van der Waals surface area contributed by atoms with Crippen LogP contribution in [-0.4, -0.2) is 5.78 Å². The van der Waals surface area contributed by atoms with Gasteiger partial charge in [-0.1, -0.05) is 26.8 Å². The zero-order valence-electron chi connectivity index (χ0n) is 14.0. The van der Waals surface area contributed by atoms with E-state index in [-0.39, 0.29) is 5.41 Å². The zero-order valence-corrected chi connectivity index (χ0v) is 14.0. The van der Waals surface area contributed by atoms with Gasteiger partial charge in [0.1, 0.15) is 0 Å². The molecule has 0 fully saturated rings. The average molecular weight is 293 g/mol. The molecule has 1 nitrogen and oxygen atoms in total. The number of carbonyl (C=O) groups is 1. The summed E-state index contributed by atoms with van der Waals surface area (Å²) in [6.45, 7) is 7.07. The third-order valence-corrected chi connectivity index (χ3v) is 5.51. The lowest BCUT2D eigenvalue weighted by Crippen LogP contribution is -2.20. The molecule has 0 heterocycles. The first kappa shape index (κ1) is 14.2. The van der Waals surface area contributed by atoms with Gasteiger partial charge in [-0.3, -0.25) is 4.79 Å². The van der Waals surface area contributed by atoms with Crippen LogP contribution in [0.25, 0.3) is 0 Å². The molecule has 1 aromatic rings. The number of allylic oxidation sites excluding steroid dienone is 2. The molecule has 3 aliphatic carbocycles. The van der Waals surface area contributed by atoms with Gasteiger partial charge < -0.3 is 0 Å². The van der Waals surface area contributed by atoms with Crippen LogP contribution in [0.2, 0.25) is 0 Å². The molecular formula is C21H25O. The van der Waals surface area contributed by atoms with Gasteiger partial charge in [-0.05, 0) is 82.9 Å². The predicted octanol–water partition coefficient (Wildman–Crippen LogP) is 4.22. The SMILES string of the molecule is CC(C)(C)c1c2c(c(CC(=O)C3=C[CH]3)c3c1CCC3)CCC2. The summed E-state index contributed by atoms with van der Waals surface area (Å²) in [5, 5.41) is 0. The van der Waals surface area contributed by atoms with E-state index in [0.29, 0.717) is 12.2 Å². The average Bonchev–Trinajstić information content (AvgIpc) is 2.99. The summed E-state index contributed by atoms with van der Waals surface area (Å²) in [6.07, 6.45) is 11.8. The van der Waals surface area contributed by atoms with Crippen molar-refractivity contribution in [2.24, 2.45) is 0 Å². The molecule has 22 heavy (non-hydrogen) atoms. The number of carbonyl (C=O) groups excluding carboxylic acids is 1. The minimum atomic E-state index is 0.220. The van der Waals surface area contributed by atoms with Crippen molar-refractivity contribution in [2.45, 2.75) is 71.1 Å². The number of ketones is 1. The second-order valence-electron chi connectivity index (χ2n) is 8.11. The Morgan fingerprint density at radius 3 is 1.91 bits per heavy atom. The maximum absolute atomic E-state index is 12.4. The van der Waals surface area contributed by atoms with Gasteiger partial charge in [0.25, 0.3) is 0 Å². The second-order valence-corrected chi connectivity index (χ2v) is 8.11. The third-order valence-electron chi connectivity index (χ3n) is 5.51. The van der Waals surface area contributed by atoms with Crippen molar-refractivity contribution in [3.05, 3.63) is 51.5 Å². The molecule has 0 spiro atoms. The van der Waals surface area contributed by atoms with E-state index in [1.165, 1.54) is 44.1 Å². The van der Waals surface area contributed by atoms with Crippen LogP contribution < -0.4 is 0 Å². The summed E-state index contributed by atoms with van der Waals surface area (Å²) >= 11 is 0. The van der Waals surface area contributed by atoms with E-state index in [2.05, 4.69) is 20.8 Å². The summed E-state index contributed by atoms with van der Waals surface area (Å²) in [6, 6.07) is 0. The Morgan fingerprint density at radius 1 is 0.955 bits per heavy atom. The number of fused-ring (bicyclic) bond motifs is 2. The summed E-state index contributed by atoms with van der Waals surface area (Å²) in [4.78, 5) is 12.4. The molecule has 3 aliphatic rings. The summed E-state index contributed by atoms with van der Waals surface area (Å²) < 4.78 is 0.